The fourth-order valence-electron chi connectivity index (χ4n) is 1.61. The van der Waals surface area contributed by atoms with Crippen LogP contribution in [-0.4, -0.2) is 38.5 Å². The van der Waals surface area contributed by atoms with E-state index in [0.717, 1.165) is 24.4 Å². The largest absolute Gasteiger partial charge is 0.383 e. The Morgan fingerprint density at radius 2 is 2.00 bits per heavy atom. The van der Waals surface area contributed by atoms with Gasteiger partial charge in [-0.2, -0.15) is 0 Å². The first kappa shape index (κ1) is 17.0. The van der Waals surface area contributed by atoms with Crippen LogP contribution in [0.5, 0.6) is 0 Å². The number of nitrogens with one attached hydrogen (secondary N) is 2. The van der Waals surface area contributed by atoms with Gasteiger partial charge >= 0.3 is 0 Å². The number of hydrogen-bond acceptors (Lipinski definition) is 4. The molecule has 1 amide bonds. The van der Waals surface area contributed by atoms with E-state index >= 15 is 0 Å². The molecule has 5 heteroatoms. The summed E-state index contributed by atoms with van der Waals surface area (Å²) in [4.78, 5) is 12.7. The minimum absolute atomic E-state index is 0.0424. The average Bonchev–Trinajstić information content (AvgIpc) is 2.47. The van der Waals surface area contributed by atoms with Gasteiger partial charge < -0.3 is 15.4 Å². The molecule has 0 atom stereocenters. The molecule has 0 aliphatic heterocycles. The Hall–Kier alpha value is -1.04. The molecule has 0 saturated heterocycles. The zero-order valence-electron chi connectivity index (χ0n) is 12.3. The normalized spacial score (nSPS) is 10.5. The van der Waals surface area contributed by atoms with E-state index in [4.69, 9.17) is 4.74 Å². The average molecular weight is 296 g/mol. The lowest BCUT2D eigenvalue weighted by atomic mass is 10.2. The van der Waals surface area contributed by atoms with Crippen LogP contribution in [0.1, 0.15) is 18.9 Å². The molecule has 20 heavy (non-hydrogen) atoms. The van der Waals surface area contributed by atoms with Crippen molar-refractivity contribution in [1.29, 1.82) is 0 Å². The summed E-state index contributed by atoms with van der Waals surface area (Å²) >= 11 is 1.55. The highest BCUT2D eigenvalue weighted by atomic mass is 32.2. The van der Waals surface area contributed by atoms with Gasteiger partial charge in [-0.05, 0) is 30.7 Å². The van der Waals surface area contributed by atoms with Crippen molar-refractivity contribution in [3.8, 4) is 0 Å². The summed E-state index contributed by atoms with van der Waals surface area (Å²) < 4.78 is 4.88. The van der Waals surface area contributed by atoms with Crippen LogP contribution in [0.25, 0.3) is 0 Å². The molecule has 0 aromatic heterocycles. The van der Waals surface area contributed by atoms with Gasteiger partial charge in [-0.3, -0.25) is 4.79 Å². The van der Waals surface area contributed by atoms with Crippen LogP contribution < -0.4 is 10.6 Å². The van der Waals surface area contributed by atoms with E-state index in [-0.39, 0.29) is 5.91 Å². The van der Waals surface area contributed by atoms with Crippen LogP contribution >= 0.6 is 11.8 Å². The maximum Gasteiger partial charge on any atom is 0.230 e. The van der Waals surface area contributed by atoms with Gasteiger partial charge in [0, 0.05) is 25.1 Å². The summed E-state index contributed by atoms with van der Waals surface area (Å²) in [6.07, 6.45) is 1.14. The maximum absolute atomic E-state index is 11.5. The van der Waals surface area contributed by atoms with Gasteiger partial charge in [0.1, 0.15) is 0 Å². The van der Waals surface area contributed by atoms with Crippen LogP contribution in [0.3, 0.4) is 0 Å². The van der Waals surface area contributed by atoms with Crippen molar-refractivity contribution >= 4 is 17.7 Å². The number of benzene rings is 1. The van der Waals surface area contributed by atoms with Crippen molar-refractivity contribution in [2.45, 2.75) is 24.8 Å². The van der Waals surface area contributed by atoms with E-state index in [1.165, 1.54) is 5.56 Å². The van der Waals surface area contributed by atoms with Crippen molar-refractivity contribution < 1.29 is 9.53 Å². The number of methoxy groups -OCH3 is 1. The second-order valence-corrected chi connectivity index (χ2v) is 5.50. The lowest BCUT2D eigenvalue weighted by Gasteiger charge is -2.06. The fraction of sp³-hybridized carbons (Fsp3) is 0.533. The quantitative estimate of drug-likeness (QED) is 0.512. The van der Waals surface area contributed by atoms with Crippen LogP contribution in [0.2, 0.25) is 0 Å². The second kappa shape index (κ2) is 10.7. The molecule has 0 bridgehead atoms. The van der Waals surface area contributed by atoms with Gasteiger partial charge in [0.15, 0.2) is 0 Å². The Labute approximate surface area is 125 Å². The molecule has 1 aromatic rings. The standard InChI is InChI=1S/C15H24N2O2S/c1-3-8-16-11-13-4-6-14(7-5-13)20-12-15(18)17-9-10-19-2/h4-7,16H,3,8-12H2,1-2H3,(H,17,18). The molecule has 0 heterocycles. The second-order valence-electron chi connectivity index (χ2n) is 4.45. The Morgan fingerprint density at radius 3 is 2.65 bits per heavy atom. The lowest BCUT2D eigenvalue weighted by Crippen LogP contribution is -2.28. The lowest BCUT2D eigenvalue weighted by molar-refractivity contribution is -0.118. The van der Waals surface area contributed by atoms with Crippen molar-refractivity contribution in [3.05, 3.63) is 29.8 Å². The Balaban J connectivity index is 2.25. The van der Waals surface area contributed by atoms with Crippen molar-refractivity contribution in [3.63, 3.8) is 0 Å². The number of rotatable bonds is 10. The van der Waals surface area contributed by atoms with Crippen LogP contribution in [-0.2, 0) is 16.1 Å². The molecule has 0 spiro atoms. The van der Waals surface area contributed by atoms with Crippen molar-refractivity contribution in [2.75, 3.05) is 32.6 Å². The van der Waals surface area contributed by atoms with E-state index in [2.05, 4.69) is 41.8 Å². The third-order valence-electron chi connectivity index (χ3n) is 2.68. The van der Waals surface area contributed by atoms with E-state index < -0.39 is 0 Å². The molecule has 1 aromatic carbocycles. The maximum atomic E-state index is 11.5. The van der Waals surface area contributed by atoms with Crippen molar-refractivity contribution in [1.82, 2.24) is 10.6 Å². The number of thioether (sulfide) groups is 1. The Morgan fingerprint density at radius 1 is 1.25 bits per heavy atom. The molecule has 2 N–H and O–H groups in total. The number of hydrogen-bond donors (Lipinski definition) is 2. The Bertz CT molecular complexity index is 382. The van der Waals surface area contributed by atoms with E-state index in [0.29, 0.717) is 18.9 Å². The summed E-state index contributed by atoms with van der Waals surface area (Å²) in [5, 5.41) is 6.17. The highest BCUT2D eigenvalue weighted by Gasteiger charge is 2.02. The number of ether oxygens (including phenoxy) is 1. The highest BCUT2D eigenvalue weighted by Crippen LogP contribution is 2.18. The smallest absolute Gasteiger partial charge is 0.230 e. The highest BCUT2D eigenvalue weighted by molar-refractivity contribution is 8.00. The molecule has 0 saturated carbocycles. The molecular formula is C15H24N2O2S. The van der Waals surface area contributed by atoms with E-state index in [1.807, 2.05) is 0 Å². The van der Waals surface area contributed by atoms with Gasteiger partial charge in [-0.1, -0.05) is 19.1 Å². The minimum atomic E-state index is 0.0424. The topological polar surface area (TPSA) is 50.4 Å². The van der Waals surface area contributed by atoms with E-state index in [9.17, 15) is 4.79 Å². The number of carbonyl (C=O) groups excluding carboxylic acids is 1. The van der Waals surface area contributed by atoms with Gasteiger partial charge in [-0.15, -0.1) is 11.8 Å². The predicted molar refractivity (Wildman–Crippen MR) is 84.0 cm³/mol. The van der Waals surface area contributed by atoms with Gasteiger partial charge in [0.25, 0.3) is 0 Å². The minimum Gasteiger partial charge on any atom is -0.383 e. The summed E-state index contributed by atoms with van der Waals surface area (Å²) in [6, 6.07) is 8.34. The summed E-state index contributed by atoms with van der Waals surface area (Å²) in [6.45, 7) is 5.21. The van der Waals surface area contributed by atoms with Gasteiger partial charge in [0.05, 0.1) is 12.4 Å². The molecule has 1 rings (SSSR count). The van der Waals surface area contributed by atoms with Gasteiger partial charge in [-0.25, -0.2) is 0 Å². The number of amides is 1. The first-order valence-corrected chi connectivity index (χ1v) is 7.93. The molecule has 0 radical (unpaired) electrons. The van der Waals surface area contributed by atoms with Gasteiger partial charge in [0.2, 0.25) is 5.91 Å². The molecule has 0 aliphatic rings. The third kappa shape index (κ3) is 7.53. The zero-order valence-corrected chi connectivity index (χ0v) is 13.1. The summed E-state index contributed by atoms with van der Waals surface area (Å²) in [5.74, 6) is 0.484. The van der Waals surface area contributed by atoms with Crippen LogP contribution in [0.15, 0.2) is 29.2 Å². The zero-order chi connectivity index (χ0) is 14.6. The number of carbonyl (C=O) groups is 1. The first-order chi connectivity index (χ1) is 9.76. The molecule has 112 valence electrons. The predicted octanol–water partition coefficient (Wildman–Crippen LogP) is 2.04. The monoisotopic (exact) mass is 296 g/mol. The molecule has 0 aliphatic carbocycles. The fourth-order valence-corrected chi connectivity index (χ4v) is 2.33. The van der Waals surface area contributed by atoms with Crippen molar-refractivity contribution in [2.24, 2.45) is 0 Å². The molecule has 4 nitrogen and oxygen atoms in total. The van der Waals surface area contributed by atoms with Crippen LogP contribution in [0, 0.1) is 0 Å². The third-order valence-corrected chi connectivity index (χ3v) is 3.69. The molecule has 0 fully saturated rings. The summed E-state index contributed by atoms with van der Waals surface area (Å²) in [7, 11) is 1.62. The SMILES string of the molecule is CCCNCc1ccc(SCC(=O)NCCOC)cc1. The van der Waals surface area contributed by atoms with Crippen LogP contribution in [0.4, 0.5) is 0 Å². The molecule has 0 unspecified atom stereocenters. The van der Waals surface area contributed by atoms with E-state index in [1.54, 1.807) is 18.9 Å². The Kier molecular flexibility index (Phi) is 9.11. The molecular weight excluding hydrogens is 272 g/mol. The summed E-state index contributed by atoms with van der Waals surface area (Å²) in [5.41, 5.74) is 1.27. The first-order valence-electron chi connectivity index (χ1n) is 6.94.